The van der Waals surface area contributed by atoms with Crippen molar-refractivity contribution in [2.24, 2.45) is 5.92 Å². The first-order valence-corrected chi connectivity index (χ1v) is 8.30. The lowest BCUT2D eigenvalue weighted by atomic mass is 9.90. The van der Waals surface area contributed by atoms with Crippen molar-refractivity contribution in [3.63, 3.8) is 0 Å². The van der Waals surface area contributed by atoms with Gasteiger partial charge in [0.2, 0.25) is 11.8 Å². The van der Waals surface area contributed by atoms with Gasteiger partial charge < -0.3 is 15.0 Å². The average Bonchev–Trinajstić information content (AvgIpc) is 3.16. The molecule has 118 valence electrons. The summed E-state index contributed by atoms with van der Waals surface area (Å²) in [6.45, 7) is 5.27. The maximum atomic E-state index is 12.8. The van der Waals surface area contributed by atoms with E-state index in [1.165, 1.54) is 0 Å². The quantitative estimate of drug-likeness (QED) is 0.835. The summed E-state index contributed by atoms with van der Waals surface area (Å²) in [5.74, 6) is 0.480. The van der Waals surface area contributed by atoms with Gasteiger partial charge in [-0.1, -0.05) is 6.92 Å². The molecule has 1 N–H and O–H groups in total. The van der Waals surface area contributed by atoms with Crippen LogP contribution in [-0.2, 0) is 14.3 Å². The van der Waals surface area contributed by atoms with E-state index in [9.17, 15) is 9.59 Å². The van der Waals surface area contributed by atoms with Crippen LogP contribution in [0.15, 0.2) is 0 Å². The fraction of sp³-hybridized carbons (Fsp3) is 0.875. The van der Waals surface area contributed by atoms with E-state index in [-0.39, 0.29) is 24.0 Å². The van der Waals surface area contributed by atoms with Crippen LogP contribution in [0.25, 0.3) is 0 Å². The monoisotopic (exact) mass is 294 g/mol. The standard InChI is InChI=1S/C16H26N2O3/c1-3-16(2)15(20)18(9-8-12-5-4-10-21-12)13(11-6-7-11)14(19)17-16/h11-13H,3-10H2,1-2H3,(H,17,19). The normalized spacial score (nSPS) is 37.0. The van der Waals surface area contributed by atoms with Crippen LogP contribution in [0.5, 0.6) is 0 Å². The number of carbonyl (C=O) groups excluding carboxylic acids is 2. The fourth-order valence-electron chi connectivity index (χ4n) is 3.50. The van der Waals surface area contributed by atoms with Crippen LogP contribution >= 0.6 is 0 Å². The molecule has 0 bridgehead atoms. The molecule has 0 aromatic heterocycles. The molecule has 2 amide bonds. The highest BCUT2D eigenvalue weighted by Crippen LogP contribution is 2.38. The number of nitrogens with zero attached hydrogens (tertiary/aromatic N) is 1. The van der Waals surface area contributed by atoms with E-state index in [2.05, 4.69) is 5.32 Å². The highest BCUT2D eigenvalue weighted by molar-refractivity contribution is 5.99. The van der Waals surface area contributed by atoms with Gasteiger partial charge in [-0.2, -0.15) is 0 Å². The van der Waals surface area contributed by atoms with E-state index < -0.39 is 5.54 Å². The molecular formula is C16H26N2O3. The topological polar surface area (TPSA) is 58.6 Å². The van der Waals surface area contributed by atoms with Gasteiger partial charge >= 0.3 is 0 Å². The third kappa shape index (κ3) is 2.80. The molecule has 3 aliphatic rings. The van der Waals surface area contributed by atoms with Crippen LogP contribution in [-0.4, -0.2) is 47.6 Å². The van der Waals surface area contributed by atoms with Gasteiger partial charge in [-0.15, -0.1) is 0 Å². The highest BCUT2D eigenvalue weighted by Gasteiger charge is 2.51. The van der Waals surface area contributed by atoms with Gasteiger partial charge in [0.05, 0.1) is 6.10 Å². The largest absolute Gasteiger partial charge is 0.378 e. The van der Waals surface area contributed by atoms with Crippen LogP contribution < -0.4 is 5.32 Å². The zero-order chi connectivity index (χ0) is 15.0. The Bertz CT molecular complexity index is 429. The molecule has 1 aliphatic carbocycles. The molecule has 3 unspecified atom stereocenters. The second kappa shape index (κ2) is 5.59. The lowest BCUT2D eigenvalue weighted by molar-refractivity contribution is -0.155. The minimum atomic E-state index is -0.737. The second-order valence-electron chi connectivity index (χ2n) is 6.88. The Morgan fingerprint density at radius 3 is 2.67 bits per heavy atom. The minimum absolute atomic E-state index is 0.0359. The molecular weight excluding hydrogens is 268 g/mol. The van der Waals surface area contributed by atoms with Crippen LogP contribution in [0.4, 0.5) is 0 Å². The summed E-state index contributed by atoms with van der Waals surface area (Å²) >= 11 is 0. The van der Waals surface area contributed by atoms with E-state index in [0.29, 0.717) is 18.9 Å². The Kier molecular flexibility index (Phi) is 3.95. The van der Waals surface area contributed by atoms with Crippen LogP contribution in [0.3, 0.4) is 0 Å². The average molecular weight is 294 g/mol. The number of piperazine rings is 1. The van der Waals surface area contributed by atoms with Crippen molar-refractivity contribution < 1.29 is 14.3 Å². The molecule has 3 rings (SSSR count). The van der Waals surface area contributed by atoms with Gasteiger partial charge in [0.15, 0.2) is 0 Å². The molecule has 2 saturated heterocycles. The number of carbonyl (C=O) groups is 2. The Hall–Kier alpha value is -1.10. The number of hydrogen-bond donors (Lipinski definition) is 1. The number of rotatable bonds is 5. The predicted molar refractivity (Wildman–Crippen MR) is 78.7 cm³/mol. The number of amides is 2. The van der Waals surface area contributed by atoms with E-state index in [1.807, 2.05) is 18.7 Å². The third-order valence-corrected chi connectivity index (χ3v) is 5.23. The summed E-state index contributed by atoms with van der Waals surface area (Å²) < 4.78 is 5.66. The van der Waals surface area contributed by atoms with Crippen LogP contribution in [0.1, 0.15) is 52.4 Å². The molecule has 1 saturated carbocycles. The van der Waals surface area contributed by atoms with Crippen molar-refractivity contribution in [2.45, 2.75) is 70.1 Å². The summed E-state index contributed by atoms with van der Waals surface area (Å²) in [5, 5.41) is 2.96. The Morgan fingerprint density at radius 2 is 2.10 bits per heavy atom. The SMILES string of the molecule is CCC1(C)NC(=O)C(C2CC2)N(CCC2CCCO2)C1=O. The maximum Gasteiger partial charge on any atom is 0.248 e. The van der Waals surface area contributed by atoms with Gasteiger partial charge in [-0.05, 0) is 51.4 Å². The summed E-state index contributed by atoms with van der Waals surface area (Å²) in [5.41, 5.74) is -0.737. The van der Waals surface area contributed by atoms with E-state index >= 15 is 0 Å². The molecule has 0 radical (unpaired) electrons. The first-order valence-electron chi connectivity index (χ1n) is 8.30. The van der Waals surface area contributed by atoms with Crippen LogP contribution in [0, 0.1) is 5.92 Å². The molecule has 2 heterocycles. The zero-order valence-electron chi connectivity index (χ0n) is 13.1. The van der Waals surface area contributed by atoms with Crippen molar-refractivity contribution in [3.8, 4) is 0 Å². The van der Waals surface area contributed by atoms with Gasteiger partial charge in [0, 0.05) is 13.2 Å². The molecule has 0 spiro atoms. The lowest BCUT2D eigenvalue weighted by Gasteiger charge is -2.44. The van der Waals surface area contributed by atoms with Gasteiger partial charge in [-0.25, -0.2) is 0 Å². The number of nitrogens with one attached hydrogen (secondary N) is 1. The lowest BCUT2D eigenvalue weighted by Crippen LogP contribution is -2.69. The first-order chi connectivity index (χ1) is 10.0. The summed E-state index contributed by atoms with van der Waals surface area (Å²) in [7, 11) is 0. The van der Waals surface area contributed by atoms with Crippen molar-refractivity contribution in [1.29, 1.82) is 0 Å². The maximum absolute atomic E-state index is 12.8. The van der Waals surface area contributed by atoms with Crippen molar-refractivity contribution in [3.05, 3.63) is 0 Å². The number of ether oxygens (including phenoxy) is 1. The van der Waals surface area contributed by atoms with E-state index in [4.69, 9.17) is 4.74 Å². The molecule has 0 aromatic rings. The molecule has 3 fully saturated rings. The first kappa shape index (κ1) is 14.8. The summed E-state index contributed by atoms with van der Waals surface area (Å²) in [6, 6.07) is -0.251. The molecule has 3 atom stereocenters. The van der Waals surface area contributed by atoms with Crippen LogP contribution in [0.2, 0.25) is 0 Å². The third-order valence-electron chi connectivity index (χ3n) is 5.23. The molecule has 5 nitrogen and oxygen atoms in total. The van der Waals surface area contributed by atoms with Crippen molar-refractivity contribution in [1.82, 2.24) is 10.2 Å². The second-order valence-corrected chi connectivity index (χ2v) is 6.88. The molecule has 21 heavy (non-hydrogen) atoms. The Balaban J connectivity index is 1.73. The summed E-state index contributed by atoms with van der Waals surface area (Å²) in [4.78, 5) is 27.2. The Labute approximate surface area is 126 Å². The van der Waals surface area contributed by atoms with E-state index in [1.54, 1.807) is 0 Å². The van der Waals surface area contributed by atoms with Gasteiger partial charge in [0.25, 0.3) is 0 Å². The zero-order valence-corrected chi connectivity index (χ0v) is 13.1. The minimum Gasteiger partial charge on any atom is -0.378 e. The van der Waals surface area contributed by atoms with Gasteiger partial charge in [-0.3, -0.25) is 9.59 Å². The predicted octanol–water partition coefficient (Wildman–Crippen LogP) is 1.46. The van der Waals surface area contributed by atoms with Crippen molar-refractivity contribution in [2.75, 3.05) is 13.2 Å². The molecule has 2 aliphatic heterocycles. The molecule has 0 aromatic carbocycles. The van der Waals surface area contributed by atoms with Gasteiger partial charge in [0.1, 0.15) is 11.6 Å². The van der Waals surface area contributed by atoms with Crippen molar-refractivity contribution >= 4 is 11.8 Å². The number of hydrogen-bond acceptors (Lipinski definition) is 3. The smallest absolute Gasteiger partial charge is 0.248 e. The fourth-order valence-corrected chi connectivity index (χ4v) is 3.50. The highest BCUT2D eigenvalue weighted by atomic mass is 16.5. The molecule has 5 heteroatoms. The Morgan fingerprint density at radius 1 is 1.33 bits per heavy atom. The summed E-state index contributed by atoms with van der Waals surface area (Å²) in [6.07, 6.45) is 6.05. The van der Waals surface area contributed by atoms with E-state index in [0.717, 1.165) is 38.7 Å².